The first-order valence-electron chi connectivity index (χ1n) is 10.2. The van der Waals surface area contributed by atoms with Crippen molar-refractivity contribution in [1.82, 2.24) is 9.97 Å². The molecule has 8 nitrogen and oxygen atoms in total. The number of sulfone groups is 1. The van der Waals surface area contributed by atoms with Crippen LogP contribution in [0.3, 0.4) is 0 Å². The van der Waals surface area contributed by atoms with Crippen molar-refractivity contribution in [2.24, 2.45) is 5.73 Å². The smallest absolute Gasteiger partial charge is 0.320 e. The van der Waals surface area contributed by atoms with Crippen molar-refractivity contribution in [2.75, 3.05) is 0 Å². The highest BCUT2D eigenvalue weighted by Gasteiger charge is 2.24. The van der Waals surface area contributed by atoms with Gasteiger partial charge in [-0.15, -0.1) is 0 Å². The van der Waals surface area contributed by atoms with Gasteiger partial charge in [0.05, 0.1) is 9.79 Å². The monoisotopic (exact) mass is 465 g/mol. The van der Waals surface area contributed by atoms with Gasteiger partial charge in [-0.2, -0.15) is 0 Å². The number of aryl methyl sites for hydroxylation is 1. The Bertz CT molecular complexity index is 1480. The van der Waals surface area contributed by atoms with Crippen molar-refractivity contribution in [3.63, 3.8) is 0 Å². The summed E-state index contributed by atoms with van der Waals surface area (Å²) < 4.78 is 26.5. The molecule has 0 unspecified atom stereocenters. The first-order chi connectivity index (χ1) is 15.6. The van der Waals surface area contributed by atoms with E-state index in [0.717, 1.165) is 0 Å². The predicted molar refractivity (Wildman–Crippen MR) is 124 cm³/mol. The van der Waals surface area contributed by atoms with Crippen molar-refractivity contribution in [3.05, 3.63) is 71.7 Å². The predicted octanol–water partition coefficient (Wildman–Crippen LogP) is 3.34. The number of pyridine rings is 1. The molecule has 0 aliphatic carbocycles. The van der Waals surface area contributed by atoms with Gasteiger partial charge >= 0.3 is 5.97 Å². The third-order valence-electron chi connectivity index (χ3n) is 5.75. The number of rotatable bonds is 6. The fourth-order valence-electron chi connectivity index (χ4n) is 4.06. The number of nitrogens with two attached hydrogens (primary N) is 1. The fraction of sp³-hybridized carbons (Fsp3) is 0.167. The molecule has 0 aliphatic rings. The van der Waals surface area contributed by atoms with Crippen LogP contribution in [-0.4, -0.2) is 40.6 Å². The van der Waals surface area contributed by atoms with E-state index in [1.54, 1.807) is 38.1 Å². The maximum absolute atomic E-state index is 13.2. The lowest BCUT2D eigenvalue weighted by atomic mass is 9.89. The largest absolute Gasteiger partial charge is 0.507 e. The third-order valence-corrected chi connectivity index (χ3v) is 7.56. The minimum Gasteiger partial charge on any atom is -0.507 e. The molecule has 0 radical (unpaired) electrons. The molecule has 9 heteroatoms. The summed E-state index contributed by atoms with van der Waals surface area (Å²) in [4.78, 5) is 18.5. The maximum atomic E-state index is 13.2. The number of hydrogen-bond donors (Lipinski definition) is 4. The number of nitrogens with zero attached hydrogens (tertiary/aromatic N) is 1. The number of nitrogens with one attached hydrogen (secondary N) is 1. The molecule has 4 aromatic rings. The molecule has 5 N–H and O–H groups in total. The number of benzene rings is 2. The normalized spacial score (nSPS) is 12.7. The SMILES string of the molecule is Cc1cc(C[C@H](N)C(=O)O)c(-c2ccc3[nH]cc(S(=O)(=O)c4ccncc4)c3c2)c(C)c1O. The molecule has 0 amide bonds. The Hall–Kier alpha value is -3.69. The molecule has 2 aromatic heterocycles. The first-order valence-corrected chi connectivity index (χ1v) is 11.7. The summed E-state index contributed by atoms with van der Waals surface area (Å²) in [6.07, 6.45) is 4.35. The zero-order valence-corrected chi connectivity index (χ0v) is 18.8. The van der Waals surface area contributed by atoms with Gasteiger partial charge in [0.1, 0.15) is 11.8 Å². The Morgan fingerprint density at radius 2 is 1.85 bits per heavy atom. The van der Waals surface area contributed by atoms with Crippen LogP contribution in [0.15, 0.2) is 64.8 Å². The van der Waals surface area contributed by atoms with Gasteiger partial charge in [-0.25, -0.2) is 8.42 Å². The standard InChI is InChI=1S/C24H23N3O5S/c1-13-9-16(11-19(25)24(29)30)22(14(2)23(13)28)15-3-4-20-18(10-15)21(12-27-20)33(31,32)17-5-7-26-8-6-17/h3-10,12,19,27-28H,11,25H2,1-2H3,(H,29,30)/t19-/m0/s1. The number of carboxylic acids is 1. The number of carbonyl (C=O) groups is 1. The molecule has 0 saturated heterocycles. The lowest BCUT2D eigenvalue weighted by Crippen LogP contribution is -2.32. The Balaban J connectivity index is 1.93. The van der Waals surface area contributed by atoms with Crippen LogP contribution >= 0.6 is 0 Å². The van der Waals surface area contributed by atoms with Crippen molar-refractivity contribution in [3.8, 4) is 16.9 Å². The van der Waals surface area contributed by atoms with Gasteiger partial charge in [0, 0.05) is 29.5 Å². The average molecular weight is 466 g/mol. The van der Waals surface area contributed by atoms with E-state index in [4.69, 9.17) is 5.73 Å². The Morgan fingerprint density at radius 3 is 2.52 bits per heavy atom. The number of fused-ring (bicyclic) bond motifs is 1. The van der Waals surface area contributed by atoms with Gasteiger partial charge in [0.2, 0.25) is 9.84 Å². The van der Waals surface area contributed by atoms with E-state index in [1.807, 2.05) is 0 Å². The van der Waals surface area contributed by atoms with Crippen LogP contribution in [0.5, 0.6) is 5.75 Å². The summed E-state index contributed by atoms with van der Waals surface area (Å²) >= 11 is 0. The second-order valence-corrected chi connectivity index (χ2v) is 9.87. The van der Waals surface area contributed by atoms with Crippen LogP contribution in [0.4, 0.5) is 0 Å². The molecule has 33 heavy (non-hydrogen) atoms. The molecular formula is C24H23N3O5S. The quantitative estimate of drug-likeness (QED) is 0.341. The highest BCUT2D eigenvalue weighted by Crippen LogP contribution is 2.38. The van der Waals surface area contributed by atoms with Crippen LogP contribution < -0.4 is 5.73 Å². The topological polar surface area (TPSA) is 146 Å². The highest BCUT2D eigenvalue weighted by molar-refractivity contribution is 7.91. The second kappa shape index (κ2) is 8.34. The number of phenols is 1. The molecule has 2 heterocycles. The number of carboxylic acid groups (broad SMARTS) is 1. The van der Waals surface area contributed by atoms with Crippen LogP contribution in [0, 0.1) is 13.8 Å². The van der Waals surface area contributed by atoms with Crippen molar-refractivity contribution in [1.29, 1.82) is 0 Å². The Labute approximate surface area is 190 Å². The number of aromatic hydroxyl groups is 1. The van der Waals surface area contributed by atoms with Crippen LogP contribution in [0.25, 0.3) is 22.0 Å². The number of H-pyrrole nitrogens is 1. The van der Waals surface area contributed by atoms with Gasteiger partial charge in [0.25, 0.3) is 0 Å². The minimum atomic E-state index is -3.80. The summed E-state index contributed by atoms with van der Waals surface area (Å²) in [6.45, 7) is 3.47. The number of phenolic OH excluding ortho intramolecular Hbond substituents is 1. The molecule has 2 aromatic carbocycles. The van der Waals surface area contributed by atoms with E-state index in [2.05, 4.69) is 9.97 Å². The Kier molecular flexibility index (Phi) is 5.69. The van der Waals surface area contributed by atoms with Gasteiger partial charge in [-0.1, -0.05) is 12.1 Å². The van der Waals surface area contributed by atoms with Crippen LogP contribution in [-0.2, 0) is 21.1 Å². The van der Waals surface area contributed by atoms with E-state index in [-0.39, 0.29) is 22.0 Å². The number of aromatic nitrogens is 2. The van der Waals surface area contributed by atoms with Crippen molar-refractivity contribution >= 4 is 26.7 Å². The molecule has 1 atom stereocenters. The number of hydrogen-bond acceptors (Lipinski definition) is 6. The van der Waals surface area contributed by atoms with Gasteiger partial charge in [0.15, 0.2) is 0 Å². The zero-order chi connectivity index (χ0) is 23.9. The lowest BCUT2D eigenvalue weighted by Gasteiger charge is -2.18. The van der Waals surface area contributed by atoms with E-state index < -0.39 is 21.8 Å². The molecule has 0 spiro atoms. The zero-order valence-electron chi connectivity index (χ0n) is 18.0. The number of aliphatic carboxylic acids is 1. The van der Waals surface area contributed by atoms with Crippen LogP contribution in [0.2, 0.25) is 0 Å². The van der Waals surface area contributed by atoms with Crippen LogP contribution in [0.1, 0.15) is 16.7 Å². The Morgan fingerprint density at radius 1 is 1.15 bits per heavy atom. The molecule has 0 bridgehead atoms. The third kappa shape index (κ3) is 3.96. The van der Waals surface area contributed by atoms with Gasteiger partial charge in [-0.05, 0) is 72.4 Å². The van der Waals surface area contributed by atoms with Crippen molar-refractivity contribution in [2.45, 2.75) is 36.1 Å². The molecule has 0 saturated carbocycles. The molecular weight excluding hydrogens is 442 g/mol. The van der Waals surface area contributed by atoms with E-state index in [0.29, 0.717) is 38.7 Å². The average Bonchev–Trinajstić information content (AvgIpc) is 3.22. The molecule has 0 fully saturated rings. The van der Waals surface area contributed by atoms with Crippen molar-refractivity contribution < 1.29 is 23.4 Å². The summed E-state index contributed by atoms with van der Waals surface area (Å²) in [7, 11) is -3.80. The van der Waals surface area contributed by atoms with Gasteiger partial charge < -0.3 is 20.9 Å². The second-order valence-electron chi connectivity index (χ2n) is 7.95. The summed E-state index contributed by atoms with van der Waals surface area (Å²) in [5, 5.41) is 20.3. The first kappa shape index (κ1) is 22.5. The summed E-state index contributed by atoms with van der Waals surface area (Å²) in [5.74, 6) is -1.03. The van der Waals surface area contributed by atoms with E-state index >= 15 is 0 Å². The maximum Gasteiger partial charge on any atom is 0.320 e. The molecule has 4 rings (SSSR count). The minimum absolute atomic E-state index is 0.0555. The fourth-order valence-corrected chi connectivity index (χ4v) is 5.47. The highest BCUT2D eigenvalue weighted by atomic mass is 32.2. The number of aromatic amines is 1. The summed E-state index contributed by atoms with van der Waals surface area (Å²) in [5.41, 5.74) is 9.54. The molecule has 170 valence electrons. The molecule has 0 aliphatic heterocycles. The lowest BCUT2D eigenvalue weighted by molar-refractivity contribution is -0.138. The van der Waals surface area contributed by atoms with E-state index in [9.17, 15) is 23.4 Å². The van der Waals surface area contributed by atoms with Gasteiger partial charge in [-0.3, -0.25) is 9.78 Å². The van der Waals surface area contributed by atoms with E-state index in [1.165, 1.54) is 30.7 Å². The summed E-state index contributed by atoms with van der Waals surface area (Å²) in [6, 6.07) is 8.76.